The molecule has 3 aromatic rings. The van der Waals surface area contributed by atoms with Gasteiger partial charge in [-0.05, 0) is 111 Å². The maximum Gasteiger partial charge on any atom is 0.303 e. The molecule has 198 valence electrons. The zero-order valence-corrected chi connectivity index (χ0v) is 21.4. The normalized spacial score (nSPS) is 19.1. The summed E-state index contributed by atoms with van der Waals surface area (Å²) in [6.45, 7) is 2.52. The number of ether oxygens (including phenoxy) is 1. The number of halogens is 2. The summed E-state index contributed by atoms with van der Waals surface area (Å²) >= 11 is 0. The van der Waals surface area contributed by atoms with Gasteiger partial charge in [0.15, 0.2) is 0 Å². The number of carboxylic acids is 1. The van der Waals surface area contributed by atoms with E-state index >= 15 is 4.39 Å². The lowest BCUT2D eigenvalue weighted by atomic mass is 9.79. The number of benzene rings is 2. The van der Waals surface area contributed by atoms with Crippen LogP contribution < -0.4 is 4.74 Å². The number of nitrogens with zero attached hydrogens (tertiary/aromatic N) is 2. The van der Waals surface area contributed by atoms with E-state index in [-0.39, 0.29) is 24.1 Å². The quantitative estimate of drug-likeness (QED) is 0.278. The number of methoxy groups -OCH3 is 1. The SMILES string of the molecule is COc1ccc2nccc(C(F)CC[C@@H]3CCN(CCCCc4cccc(F)c4)C[C@@H]3CC(=O)O)c2c1. The molecule has 0 bridgehead atoms. The number of hydrogen-bond acceptors (Lipinski definition) is 4. The fourth-order valence-electron chi connectivity index (χ4n) is 5.61. The number of aromatic nitrogens is 1. The molecule has 1 aromatic heterocycles. The third-order valence-corrected chi connectivity index (χ3v) is 7.60. The predicted octanol–water partition coefficient (Wildman–Crippen LogP) is 6.61. The third-order valence-electron chi connectivity index (χ3n) is 7.60. The topological polar surface area (TPSA) is 62.7 Å². The number of alkyl halides is 1. The van der Waals surface area contributed by atoms with Gasteiger partial charge in [-0.2, -0.15) is 0 Å². The molecule has 1 unspecified atom stereocenters. The van der Waals surface area contributed by atoms with Crippen molar-refractivity contribution in [1.29, 1.82) is 0 Å². The smallest absolute Gasteiger partial charge is 0.303 e. The molecule has 37 heavy (non-hydrogen) atoms. The van der Waals surface area contributed by atoms with Gasteiger partial charge in [-0.15, -0.1) is 0 Å². The molecule has 0 saturated carbocycles. The lowest BCUT2D eigenvalue weighted by molar-refractivity contribution is -0.139. The molecule has 1 saturated heterocycles. The number of carbonyl (C=O) groups is 1. The van der Waals surface area contributed by atoms with Crippen LogP contribution in [-0.2, 0) is 11.2 Å². The van der Waals surface area contributed by atoms with Gasteiger partial charge in [0.05, 0.1) is 12.6 Å². The standard InChI is InChI=1S/C30H36F2N2O3/c1-37-25-9-11-29-27(19-25)26(12-14-33-29)28(32)10-8-22-13-16-34(20-23(22)18-30(35)36)15-3-2-5-21-6-4-7-24(31)17-21/h4,6-7,9,11-12,14,17,19,22-23,28H,2-3,5,8,10,13,15-16,18,20H2,1H3,(H,35,36)/t22-,23+,28?/m1/s1. The Balaban J connectivity index is 1.31. The van der Waals surface area contributed by atoms with Crippen LogP contribution in [0.5, 0.6) is 5.75 Å². The molecule has 1 N–H and O–H groups in total. The van der Waals surface area contributed by atoms with Crippen molar-refractivity contribution < 1.29 is 23.4 Å². The number of aliphatic carboxylic acids is 1. The first-order valence-corrected chi connectivity index (χ1v) is 13.2. The van der Waals surface area contributed by atoms with Crippen LogP contribution in [0.3, 0.4) is 0 Å². The van der Waals surface area contributed by atoms with E-state index in [1.807, 2.05) is 24.3 Å². The Labute approximate surface area is 217 Å². The Morgan fingerprint density at radius 2 is 2.05 bits per heavy atom. The highest BCUT2D eigenvalue weighted by molar-refractivity contribution is 5.83. The Morgan fingerprint density at radius 3 is 2.84 bits per heavy atom. The number of carboxylic acid groups (broad SMARTS) is 1. The monoisotopic (exact) mass is 510 g/mol. The molecule has 2 aromatic carbocycles. The van der Waals surface area contributed by atoms with Crippen LogP contribution >= 0.6 is 0 Å². The van der Waals surface area contributed by atoms with Crippen molar-refractivity contribution >= 4 is 16.9 Å². The molecule has 2 heterocycles. The van der Waals surface area contributed by atoms with E-state index in [0.717, 1.165) is 61.8 Å². The Hall–Kier alpha value is -3.06. The van der Waals surface area contributed by atoms with Crippen LogP contribution in [0.2, 0.25) is 0 Å². The van der Waals surface area contributed by atoms with Crippen molar-refractivity contribution in [3.63, 3.8) is 0 Å². The molecule has 5 nitrogen and oxygen atoms in total. The first kappa shape index (κ1) is 27.0. The second-order valence-electron chi connectivity index (χ2n) is 10.1. The van der Waals surface area contributed by atoms with Gasteiger partial charge in [-0.25, -0.2) is 8.78 Å². The molecule has 4 rings (SSSR count). The highest BCUT2D eigenvalue weighted by atomic mass is 19.1. The van der Waals surface area contributed by atoms with E-state index in [2.05, 4.69) is 9.88 Å². The molecule has 0 radical (unpaired) electrons. The van der Waals surface area contributed by atoms with Crippen LogP contribution in [0.4, 0.5) is 8.78 Å². The molecule has 1 aliphatic heterocycles. The molecule has 1 aliphatic rings. The molecule has 1 fully saturated rings. The minimum Gasteiger partial charge on any atom is -0.497 e. The summed E-state index contributed by atoms with van der Waals surface area (Å²) in [5, 5.41) is 10.3. The second-order valence-corrected chi connectivity index (χ2v) is 10.1. The maximum absolute atomic E-state index is 15.5. The molecule has 0 amide bonds. The second kappa shape index (κ2) is 13.0. The number of rotatable bonds is 12. The Bertz CT molecular complexity index is 1190. The molecule has 7 heteroatoms. The number of hydrogen-bond donors (Lipinski definition) is 1. The zero-order valence-electron chi connectivity index (χ0n) is 21.4. The largest absolute Gasteiger partial charge is 0.497 e. The van der Waals surface area contributed by atoms with Crippen molar-refractivity contribution in [3.8, 4) is 5.75 Å². The van der Waals surface area contributed by atoms with E-state index in [0.29, 0.717) is 24.2 Å². The number of likely N-dealkylation sites (tertiary alicyclic amines) is 1. The summed E-state index contributed by atoms with van der Waals surface area (Å²) in [6.07, 6.45) is 5.25. The minimum absolute atomic E-state index is 0.0101. The van der Waals surface area contributed by atoms with E-state index in [1.54, 1.807) is 31.5 Å². The van der Waals surface area contributed by atoms with Crippen molar-refractivity contribution in [2.75, 3.05) is 26.7 Å². The average Bonchev–Trinajstić information content (AvgIpc) is 2.89. The summed E-state index contributed by atoms with van der Waals surface area (Å²) in [4.78, 5) is 18.3. The van der Waals surface area contributed by atoms with Crippen LogP contribution in [-0.4, -0.2) is 47.7 Å². The maximum atomic E-state index is 15.5. The highest BCUT2D eigenvalue weighted by Crippen LogP contribution is 2.36. The van der Waals surface area contributed by atoms with Gasteiger partial charge in [0, 0.05) is 24.5 Å². The van der Waals surface area contributed by atoms with Crippen molar-refractivity contribution in [2.24, 2.45) is 11.8 Å². The van der Waals surface area contributed by atoms with Crippen LogP contribution in [0.25, 0.3) is 10.9 Å². The van der Waals surface area contributed by atoms with Gasteiger partial charge in [0.1, 0.15) is 17.7 Å². The van der Waals surface area contributed by atoms with E-state index in [4.69, 9.17) is 4.74 Å². The van der Waals surface area contributed by atoms with Crippen LogP contribution in [0, 0.1) is 17.7 Å². The first-order valence-electron chi connectivity index (χ1n) is 13.2. The first-order chi connectivity index (χ1) is 17.9. The van der Waals surface area contributed by atoms with Crippen LogP contribution in [0.15, 0.2) is 54.7 Å². The third kappa shape index (κ3) is 7.48. The van der Waals surface area contributed by atoms with Gasteiger partial charge in [0.2, 0.25) is 0 Å². The molecule has 3 atom stereocenters. The fourth-order valence-corrected chi connectivity index (χ4v) is 5.61. The summed E-state index contributed by atoms with van der Waals surface area (Å²) in [5.41, 5.74) is 2.34. The van der Waals surface area contributed by atoms with Crippen molar-refractivity contribution in [3.05, 3.63) is 71.7 Å². The van der Waals surface area contributed by atoms with Crippen molar-refractivity contribution in [1.82, 2.24) is 9.88 Å². The van der Waals surface area contributed by atoms with Gasteiger partial charge in [-0.3, -0.25) is 9.78 Å². The Kier molecular flexibility index (Phi) is 9.45. The zero-order chi connectivity index (χ0) is 26.2. The lowest BCUT2D eigenvalue weighted by Crippen LogP contribution is -2.41. The lowest BCUT2D eigenvalue weighted by Gasteiger charge is -2.38. The molecular weight excluding hydrogens is 474 g/mol. The fraction of sp³-hybridized carbons (Fsp3) is 0.467. The van der Waals surface area contributed by atoms with E-state index < -0.39 is 12.1 Å². The molecular formula is C30H36F2N2O3. The number of pyridine rings is 1. The minimum atomic E-state index is -1.15. The number of aryl methyl sites for hydroxylation is 1. The summed E-state index contributed by atoms with van der Waals surface area (Å²) in [7, 11) is 1.59. The van der Waals surface area contributed by atoms with Gasteiger partial charge < -0.3 is 14.7 Å². The average molecular weight is 511 g/mol. The molecule has 0 aliphatic carbocycles. The summed E-state index contributed by atoms with van der Waals surface area (Å²) in [6, 6.07) is 13.9. The molecule has 0 spiro atoms. The summed E-state index contributed by atoms with van der Waals surface area (Å²) < 4.78 is 34.2. The number of fused-ring (bicyclic) bond motifs is 1. The number of unbranched alkanes of at least 4 members (excludes halogenated alkanes) is 1. The van der Waals surface area contributed by atoms with Gasteiger partial charge in [0.25, 0.3) is 0 Å². The van der Waals surface area contributed by atoms with Crippen molar-refractivity contribution in [2.45, 2.75) is 51.1 Å². The van der Waals surface area contributed by atoms with Gasteiger partial charge in [-0.1, -0.05) is 12.1 Å². The van der Waals surface area contributed by atoms with Gasteiger partial charge >= 0.3 is 5.97 Å². The predicted molar refractivity (Wildman–Crippen MR) is 141 cm³/mol. The highest BCUT2D eigenvalue weighted by Gasteiger charge is 2.31. The summed E-state index contributed by atoms with van der Waals surface area (Å²) in [5.74, 6) is -0.148. The van der Waals surface area contributed by atoms with Crippen LogP contribution in [0.1, 0.15) is 55.8 Å². The Morgan fingerprint density at radius 1 is 1.19 bits per heavy atom. The number of piperidine rings is 1. The van der Waals surface area contributed by atoms with E-state index in [9.17, 15) is 14.3 Å². The van der Waals surface area contributed by atoms with E-state index in [1.165, 1.54) is 6.07 Å².